The zero-order chi connectivity index (χ0) is 22.0. The summed E-state index contributed by atoms with van der Waals surface area (Å²) in [6.45, 7) is 0.230. The zero-order valence-electron chi connectivity index (χ0n) is 16.1. The number of ether oxygens (including phenoxy) is 1. The highest BCUT2D eigenvalue weighted by atomic mass is 79.9. The Bertz CT molecular complexity index is 1050. The fourth-order valence-corrected chi connectivity index (χ4v) is 3.28. The molecule has 8 nitrogen and oxygen atoms in total. The van der Waals surface area contributed by atoms with Gasteiger partial charge in [-0.1, -0.05) is 18.2 Å². The number of carboxylic acid groups (broad SMARTS) is 1. The summed E-state index contributed by atoms with van der Waals surface area (Å²) in [5, 5.41) is 8.93. The number of carbonyl (C=O) groups excluding carboxylic acids is 3. The van der Waals surface area contributed by atoms with E-state index in [9.17, 15) is 19.2 Å². The van der Waals surface area contributed by atoms with Crippen LogP contribution in [0.2, 0.25) is 0 Å². The number of aromatic carboxylic acids is 1. The number of halogens is 1. The maximum absolute atomic E-state index is 12.3. The van der Waals surface area contributed by atoms with Gasteiger partial charge in [0.25, 0.3) is 11.8 Å². The first-order chi connectivity index (χ1) is 14.2. The second-order valence-corrected chi connectivity index (χ2v) is 7.40. The number of carbonyl (C=O) groups is 4. The van der Waals surface area contributed by atoms with Crippen molar-refractivity contribution >= 4 is 45.8 Å². The van der Waals surface area contributed by atoms with E-state index < -0.39 is 23.8 Å². The van der Waals surface area contributed by atoms with Crippen LogP contribution in [0.3, 0.4) is 0 Å². The highest BCUT2D eigenvalue weighted by molar-refractivity contribution is 9.10. The van der Waals surface area contributed by atoms with Crippen LogP contribution in [0.25, 0.3) is 6.08 Å². The molecule has 30 heavy (non-hydrogen) atoms. The van der Waals surface area contributed by atoms with Gasteiger partial charge in [-0.15, -0.1) is 0 Å². The summed E-state index contributed by atoms with van der Waals surface area (Å²) in [6.07, 6.45) is 1.42. The Labute approximate surface area is 180 Å². The van der Waals surface area contributed by atoms with Crippen molar-refractivity contribution in [2.24, 2.45) is 0 Å². The van der Waals surface area contributed by atoms with Crippen molar-refractivity contribution in [2.75, 3.05) is 14.1 Å². The summed E-state index contributed by atoms with van der Waals surface area (Å²) in [4.78, 5) is 49.1. The van der Waals surface area contributed by atoms with E-state index in [0.29, 0.717) is 15.8 Å². The molecule has 1 saturated heterocycles. The standard InChI is InChI=1S/C21H17BrN2O6/c1-23-18(25)15(19(26)24(2)21(23)29)9-13-5-8-17(16(22)10-13)30-11-12-3-6-14(7-4-12)20(27)28/h3-10H,11H2,1-2H3,(H,27,28). The van der Waals surface area contributed by atoms with Crippen LogP contribution in [0.1, 0.15) is 21.5 Å². The summed E-state index contributed by atoms with van der Waals surface area (Å²) in [5.41, 5.74) is 1.46. The van der Waals surface area contributed by atoms with Gasteiger partial charge in [-0.3, -0.25) is 19.4 Å². The Kier molecular flexibility index (Phi) is 6.02. The molecular weight excluding hydrogens is 456 g/mol. The molecule has 0 radical (unpaired) electrons. The molecule has 0 aliphatic carbocycles. The number of carboxylic acids is 1. The highest BCUT2D eigenvalue weighted by Gasteiger charge is 2.37. The predicted molar refractivity (Wildman–Crippen MR) is 111 cm³/mol. The molecule has 4 amide bonds. The van der Waals surface area contributed by atoms with Gasteiger partial charge in [0, 0.05) is 14.1 Å². The summed E-state index contributed by atoms with van der Waals surface area (Å²) < 4.78 is 6.35. The number of urea groups is 1. The van der Waals surface area contributed by atoms with Gasteiger partial charge < -0.3 is 9.84 Å². The highest BCUT2D eigenvalue weighted by Crippen LogP contribution is 2.28. The van der Waals surface area contributed by atoms with Gasteiger partial charge in [0.1, 0.15) is 17.9 Å². The number of rotatable bonds is 5. The van der Waals surface area contributed by atoms with Crippen LogP contribution in [0, 0.1) is 0 Å². The normalized spacial score (nSPS) is 14.2. The molecule has 0 spiro atoms. The lowest BCUT2D eigenvalue weighted by Crippen LogP contribution is -2.52. The van der Waals surface area contributed by atoms with Crippen LogP contribution < -0.4 is 4.74 Å². The topological polar surface area (TPSA) is 104 Å². The van der Waals surface area contributed by atoms with E-state index in [1.165, 1.54) is 32.3 Å². The maximum Gasteiger partial charge on any atom is 0.335 e. The van der Waals surface area contributed by atoms with E-state index in [2.05, 4.69) is 15.9 Å². The third-order valence-corrected chi connectivity index (χ3v) is 5.13. The number of benzene rings is 2. The van der Waals surface area contributed by atoms with Gasteiger partial charge >= 0.3 is 12.0 Å². The second-order valence-electron chi connectivity index (χ2n) is 6.55. The van der Waals surface area contributed by atoms with Crippen molar-refractivity contribution in [3.05, 3.63) is 69.2 Å². The molecule has 0 aromatic heterocycles. The van der Waals surface area contributed by atoms with E-state index in [4.69, 9.17) is 9.84 Å². The van der Waals surface area contributed by atoms with Gasteiger partial charge in [0.05, 0.1) is 10.0 Å². The van der Waals surface area contributed by atoms with Crippen molar-refractivity contribution < 1.29 is 29.0 Å². The Hall–Kier alpha value is -3.46. The molecule has 1 aliphatic rings. The number of hydrogen-bond acceptors (Lipinski definition) is 5. The summed E-state index contributed by atoms with van der Waals surface area (Å²) >= 11 is 3.40. The third kappa shape index (κ3) is 4.25. The van der Waals surface area contributed by atoms with E-state index in [-0.39, 0.29) is 17.7 Å². The predicted octanol–water partition coefficient (Wildman–Crippen LogP) is 3.16. The minimum absolute atomic E-state index is 0.112. The van der Waals surface area contributed by atoms with E-state index in [0.717, 1.165) is 15.4 Å². The number of barbiturate groups is 1. The minimum Gasteiger partial charge on any atom is -0.488 e. The van der Waals surface area contributed by atoms with E-state index in [1.807, 2.05) is 0 Å². The average molecular weight is 473 g/mol. The quantitative estimate of drug-likeness (QED) is 0.529. The second kappa shape index (κ2) is 8.50. The molecule has 2 aromatic rings. The monoisotopic (exact) mass is 472 g/mol. The lowest BCUT2D eigenvalue weighted by molar-refractivity contribution is -0.134. The molecule has 154 valence electrons. The lowest BCUT2D eigenvalue weighted by atomic mass is 10.1. The van der Waals surface area contributed by atoms with Crippen LogP contribution in [0.15, 0.2) is 52.5 Å². The first kappa shape index (κ1) is 21.3. The van der Waals surface area contributed by atoms with Gasteiger partial charge in [0.2, 0.25) is 0 Å². The third-order valence-electron chi connectivity index (χ3n) is 4.51. The molecule has 1 aliphatic heterocycles. The zero-order valence-corrected chi connectivity index (χ0v) is 17.7. The first-order valence-corrected chi connectivity index (χ1v) is 9.54. The van der Waals surface area contributed by atoms with Crippen LogP contribution in [0.4, 0.5) is 4.79 Å². The largest absolute Gasteiger partial charge is 0.488 e. The molecule has 1 fully saturated rings. The van der Waals surface area contributed by atoms with Crippen molar-refractivity contribution in [3.8, 4) is 5.75 Å². The number of nitrogens with zero attached hydrogens (tertiary/aromatic N) is 2. The van der Waals surface area contributed by atoms with Gasteiger partial charge in [0.15, 0.2) is 0 Å². The van der Waals surface area contributed by atoms with E-state index in [1.54, 1.807) is 30.3 Å². The molecule has 0 bridgehead atoms. The lowest BCUT2D eigenvalue weighted by Gasteiger charge is -2.28. The molecular formula is C21H17BrN2O6. The van der Waals surface area contributed by atoms with Gasteiger partial charge in [-0.25, -0.2) is 9.59 Å². The van der Waals surface area contributed by atoms with Crippen molar-refractivity contribution in [1.29, 1.82) is 0 Å². The number of likely N-dealkylation sites (N-methyl/N-ethyl adjacent to an activating group) is 2. The Morgan fingerprint density at radius 2 is 1.63 bits per heavy atom. The summed E-state index contributed by atoms with van der Waals surface area (Å²) in [6, 6.07) is 10.7. The minimum atomic E-state index is -0.994. The Morgan fingerprint density at radius 1 is 1.03 bits per heavy atom. The maximum atomic E-state index is 12.3. The van der Waals surface area contributed by atoms with Crippen molar-refractivity contribution in [1.82, 2.24) is 9.80 Å². The van der Waals surface area contributed by atoms with Gasteiger partial charge in [-0.05, 0) is 57.4 Å². The van der Waals surface area contributed by atoms with Crippen molar-refractivity contribution in [2.45, 2.75) is 6.61 Å². The number of hydrogen-bond donors (Lipinski definition) is 1. The smallest absolute Gasteiger partial charge is 0.335 e. The molecule has 1 heterocycles. The molecule has 3 rings (SSSR count). The van der Waals surface area contributed by atoms with Crippen LogP contribution in [0.5, 0.6) is 5.75 Å². The molecule has 0 atom stereocenters. The summed E-state index contributed by atoms with van der Waals surface area (Å²) in [7, 11) is 2.63. The van der Waals surface area contributed by atoms with Crippen molar-refractivity contribution in [3.63, 3.8) is 0 Å². The SMILES string of the molecule is CN1C(=O)C(=Cc2ccc(OCc3ccc(C(=O)O)cc3)c(Br)c2)C(=O)N(C)C1=O. The molecule has 2 aromatic carbocycles. The Morgan fingerprint density at radius 3 is 2.17 bits per heavy atom. The van der Waals surface area contributed by atoms with E-state index >= 15 is 0 Å². The molecule has 0 saturated carbocycles. The summed E-state index contributed by atoms with van der Waals surface area (Å²) in [5.74, 6) is -1.79. The average Bonchev–Trinajstić information content (AvgIpc) is 2.73. The fraction of sp³-hybridized carbons (Fsp3) is 0.143. The number of imide groups is 2. The number of amides is 4. The molecule has 9 heteroatoms. The molecule has 1 N–H and O–H groups in total. The first-order valence-electron chi connectivity index (χ1n) is 8.75. The molecule has 0 unspecified atom stereocenters. The van der Waals surface area contributed by atoms with Crippen LogP contribution in [-0.4, -0.2) is 52.8 Å². The van der Waals surface area contributed by atoms with Crippen LogP contribution >= 0.6 is 15.9 Å². The fourth-order valence-electron chi connectivity index (χ4n) is 2.77. The Balaban J connectivity index is 1.75. The van der Waals surface area contributed by atoms with Crippen LogP contribution in [-0.2, 0) is 16.2 Å². The van der Waals surface area contributed by atoms with Gasteiger partial charge in [-0.2, -0.15) is 0 Å².